The maximum atomic E-state index is 11.5. The molecular weight excluding hydrogens is 290 g/mol. The van der Waals surface area contributed by atoms with Gasteiger partial charge >= 0.3 is 5.97 Å². The highest BCUT2D eigenvalue weighted by Gasteiger charge is 2.13. The summed E-state index contributed by atoms with van der Waals surface area (Å²) in [6.07, 6.45) is 4.95. The van der Waals surface area contributed by atoms with Crippen LogP contribution in [0.25, 0.3) is 17.2 Å². The first-order valence-electron chi connectivity index (χ1n) is 7.59. The van der Waals surface area contributed by atoms with Gasteiger partial charge in [0.15, 0.2) is 0 Å². The van der Waals surface area contributed by atoms with Crippen LogP contribution in [-0.4, -0.2) is 25.2 Å². The summed E-state index contributed by atoms with van der Waals surface area (Å²) in [6, 6.07) is 11.9. The van der Waals surface area contributed by atoms with Crippen molar-refractivity contribution in [3.8, 4) is 17.0 Å². The number of carbonyl (C=O) groups excluding carboxylic acids is 1. The zero-order chi connectivity index (χ0) is 16.7. The van der Waals surface area contributed by atoms with Crippen molar-refractivity contribution in [1.82, 2.24) is 4.98 Å². The predicted octanol–water partition coefficient (Wildman–Crippen LogP) is 3.90. The van der Waals surface area contributed by atoms with Crippen LogP contribution >= 0.6 is 0 Å². The average Bonchev–Trinajstić information content (AvgIpc) is 2.60. The van der Waals surface area contributed by atoms with Crippen LogP contribution in [0.15, 0.2) is 42.5 Å². The molecule has 120 valence electrons. The lowest BCUT2D eigenvalue weighted by molar-refractivity contribution is -0.134. The number of nitrogens with zero attached hydrogens (tertiary/aromatic N) is 1. The summed E-state index contributed by atoms with van der Waals surface area (Å²) in [7, 11) is 2.97. The molecule has 23 heavy (non-hydrogen) atoms. The molecule has 0 unspecified atom stereocenters. The van der Waals surface area contributed by atoms with Crippen LogP contribution in [0.1, 0.15) is 24.6 Å². The van der Waals surface area contributed by atoms with Gasteiger partial charge in [-0.3, -0.25) is 0 Å². The predicted molar refractivity (Wildman–Crippen MR) is 91.3 cm³/mol. The van der Waals surface area contributed by atoms with Gasteiger partial charge < -0.3 is 9.47 Å². The van der Waals surface area contributed by atoms with E-state index in [2.05, 4.69) is 11.9 Å². The zero-order valence-corrected chi connectivity index (χ0v) is 13.7. The maximum absolute atomic E-state index is 11.5. The first kappa shape index (κ1) is 16.7. The van der Waals surface area contributed by atoms with Crippen LogP contribution in [0.5, 0.6) is 5.88 Å². The van der Waals surface area contributed by atoms with Crippen molar-refractivity contribution in [3.63, 3.8) is 0 Å². The van der Waals surface area contributed by atoms with E-state index in [0.717, 1.165) is 35.2 Å². The summed E-state index contributed by atoms with van der Waals surface area (Å²) in [4.78, 5) is 16.0. The Bertz CT molecular complexity index is 693. The lowest BCUT2D eigenvalue weighted by Crippen LogP contribution is -2.01. The Morgan fingerprint density at radius 1 is 1.22 bits per heavy atom. The fourth-order valence-corrected chi connectivity index (χ4v) is 2.38. The van der Waals surface area contributed by atoms with Crippen molar-refractivity contribution in [2.24, 2.45) is 0 Å². The van der Waals surface area contributed by atoms with Gasteiger partial charge in [-0.15, -0.1) is 0 Å². The van der Waals surface area contributed by atoms with E-state index in [1.165, 1.54) is 13.2 Å². The summed E-state index contributed by atoms with van der Waals surface area (Å²) in [5, 5.41) is 0. The van der Waals surface area contributed by atoms with E-state index in [0.29, 0.717) is 5.88 Å². The number of ether oxygens (including phenoxy) is 2. The Morgan fingerprint density at radius 3 is 2.57 bits per heavy atom. The molecule has 0 fully saturated rings. The first-order valence-corrected chi connectivity index (χ1v) is 7.59. The van der Waals surface area contributed by atoms with E-state index < -0.39 is 0 Å². The number of aryl methyl sites for hydroxylation is 1. The maximum Gasteiger partial charge on any atom is 0.330 e. The number of esters is 1. The zero-order valence-electron chi connectivity index (χ0n) is 13.7. The Balaban J connectivity index is 2.62. The lowest BCUT2D eigenvalue weighted by Gasteiger charge is -2.13. The molecule has 0 radical (unpaired) electrons. The Hall–Kier alpha value is -2.62. The van der Waals surface area contributed by atoms with Gasteiger partial charge in [-0.1, -0.05) is 43.7 Å². The molecule has 0 aliphatic carbocycles. The minimum Gasteiger partial charge on any atom is -0.481 e. The van der Waals surface area contributed by atoms with E-state index in [9.17, 15) is 4.79 Å². The molecule has 2 aromatic rings. The second-order valence-electron chi connectivity index (χ2n) is 5.05. The number of benzene rings is 1. The van der Waals surface area contributed by atoms with Crippen LogP contribution in [0, 0.1) is 0 Å². The van der Waals surface area contributed by atoms with Crippen molar-refractivity contribution in [3.05, 3.63) is 53.7 Å². The molecule has 0 bridgehead atoms. The van der Waals surface area contributed by atoms with Gasteiger partial charge in [0.1, 0.15) is 0 Å². The molecule has 0 amide bonds. The van der Waals surface area contributed by atoms with Crippen LogP contribution < -0.4 is 4.74 Å². The molecule has 1 heterocycles. The second-order valence-corrected chi connectivity index (χ2v) is 5.05. The standard InChI is InChI=1S/C19H21NO3/c1-4-8-17-15(11-12-19(21)23-3)16(13-18(20-17)22-2)14-9-6-5-7-10-14/h5-7,9-13H,4,8H2,1-3H3/b12-11+. The third-order valence-corrected chi connectivity index (χ3v) is 3.48. The number of hydrogen-bond donors (Lipinski definition) is 0. The average molecular weight is 311 g/mol. The smallest absolute Gasteiger partial charge is 0.330 e. The molecule has 0 N–H and O–H groups in total. The van der Waals surface area contributed by atoms with Gasteiger partial charge in [0.25, 0.3) is 0 Å². The van der Waals surface area contributed by atoms with Crippen LogP contribution in [-0.2, 0) is 16.0 Å². The van der Waals surface area contributed by atoms with Gasteiger partial charge in [0, 0.05) is 17.7 Å². The van der Waals surface area contributed by atoms with E-state index in [1.54, 1.807) is 13.2 Å². The topological polar surface area (TPSA) is 48.4 Å². The quantitative estimate of drug-likeness (QED) is 0.600. The third kappa shape index (κ3) is 4.19. The number of hydrogen-bond acceptors (Lipinski definition) is 4. The number of carbonyl (C=O) groups is 1. The summed E-state index contributed by atoms with van der Waals surface area (Å²) < 4.78 is 10.0. The summed E-state index contributed by atoms with van der Waals surface area (Å²) in [5.41, 5.74) is 3.87. The fourth-order valence-electron chi connectivity index (χ4n) is 2.38. The Kier molecular flexibility index (Phi) is 5.92. The summed E-state index contributed by atoms with van der Waals surface area (Å²) in [5.74, 6) is 0.185. The van der Waals surface area contributed by atoms with Gasteiger partial charge in [0.05, 0.1) is 19.9 Å². The highest BCUT2D eigenvalue weighted by Crippen LogP contribution is 2.30. The minimum absolute atomic E-state index is 0.387. The first-order chi connectivity index (χ1) is 11.2. The van der Waals surface area contributed by atoms with Gasteiger partial charge in [-0.05, 0) is 23.6 Å². The van der Waals surface area contributed by atoms with Crippen molar-refractivity contribution in [1.29, 1.82) is 0 Å². The highest BCUT2D eigenvalue weighted by molar-refractivity contribution is 5.89. The lowest BCUT2D eigenvalue weighted by atomic mass is 9.97. The van der Waals surface area contributed by atoms with Crippen LogP contribution in [0.4, 0.5) is 0 Å². The summed E-state index contributed by atoms with van der Waals surface area (Å²) in [6.45, 7) is 2.09. The van der Waals surface area contributed by atoms with E-state index in [-0.39, 0.29) is 5.97 Å². The fraction of sp³-hybridized carbons (Fsp3) is 0.263. The Labute approximate surface area is 136 Å². The van der Waals surface area contributed by atoms with E-state index in [1.807, 2.05) is 36.4 Å². The molecular formula is C19H21NO3. The van der Waals surface area contributed by atoms with Crippen molar-refractivity contribution >= 4 is 12.0 Å². The van der Waals surface area contributed by atoms with Gasteiger partial charge in [-0.25, -0.2) is 9.78 Å². The van der Waals surface area contributed by atoms with Crippen molar-refractivity contribution in [2.75, 3.05) is 14.2 Å². The van der Waals surface area contributed by atoms with Gasteiger partial charge in [0.2, 0.25) is 5.88 Å². The molecule has 0 saturated heterocycles. The molecule has 0 atom stereocenters. The van der Waals surface area contributed by atoms with Crippen molar-refractivity contribution < 1.29 is 14.3 Å². The summed E-state index contributed by atoms with van der Waals surface area (Å²) >= 11 is 0. The minimum atomic E-state index is -0.387. The van der Waals surface area contributed by atoms with E-state index in [4.69, 9.17) is 9.47 Å². The van der Waals surface area contributed by atoms with Gasteiger partial charge in [-0.2, -0.15) is 0 Å². The molecule has 1 aromatic carbocycles. The van der Waals surface area contributed by atoms with Crippen molar-refractivity contribution in [2.45, 2.75) is 19.8 Å². The Morgan fingerprint density at radius 2 is 1.96 bits per heavy atom. The molecule has 0 aliphatic rings. The molecule has 4 nitrogen and oxygen atoms in total. The SMILES string of the molecule is CCCc1nc(OC)cc(-c2ccccc2)c1/C=C/C(=O)OC. The third-order valence-electron chi connectivity index (χ3n) is 3.48. The molecule has 0 aliphatic heterocycles. The number of aromatic nitrogens is 1. The van der Waals surface area contributed by atoms with Crippen LogP contribution in [0.3, 0.4) is 0 Å². The second kappa shape index (κ2) is 8.13. The number of rotatable bonds is 6. The monoisotopic (exact) mass is 311 g/mol. The molecule has 4 heteroatoms. The van der Waals surface area contributed by atoms with Crippen LogP contribution in [0.2, 0.25) is 0 Å². The molecule has 2 rings (SSSR count). The molecule has 0 spiro atoms. The largest absolute Gasteiger partial charge is 0.481 e. The number of pyridine rings is 1. The normalized spacial score (nSPS) is 10.7. The highest BCUT2D eigenvalue weighted by atomic mass is 16.5. The molecule has 0 saturated carbocycles. The molecule has 1 aromatic heterocycles. The number of methoxy groups -OCH3 is 2. The van der Waals surface area contributed by atoms with E-state index >= 15 is 0 Å².